The number of rotatable bonds is 4. The van der Waals surface area contributed by atoms with Gasteiger partial charge in [0.05, 0.1) is 18.7 Å². The molecule has 28 heavy (non-hydrogen) atoms. The van der Waals surface area contributed by atoms with Crippen molar-refractivity contribution < 1.29 is 19.7 Å². The van der Waals surface area contributed by atoms with Crippen LogP contribution in [0.4, 0.5) is 4.79 Å². The van der Waals surface area contributed by atoms with Gasteiger partial charge in [0.15, 0.2) is 0 Å². The Morgan fingerprint density at radius 3 is 2.82 bits per heavy atom. The van der Waals surface area contributed by atoms with Crippen LogP contribution in [0.25, 0.3) is 10.9 Å². The molecule has 1 amide bonds. The normalized spacial score (nSPS) is 26.8. The molecule has 7 heteroatoms. The number of nitrogens with zero attached hydrogens (tertiary/aromatic N) is 2. The summed E-state index contributed by atoms with van der Waals surface area (Å²) >= 11 is 0. The lowest BCUT2D eigenvalue weighted by Crippen LogP contribution is -2.54. The molecule has 3 fully saturated rings. The van der Waals surface area contributed by atoms with Crippen LogP contribution in [-0.2, 0) is 0 Å². The number of benzene rings is 1. The predicted octanol–water partition coefficient (Wildman–Crippen LogP) is 2.80. The minimum atomic E-state index is -1.33. The highest BCUT2D eigenvalue weighted by Gasteiger charge is 2.42. The molecule has 2 bridgehead atoms. The number of carboxylic acid groups (broad SMARTS) is 1. The fourth-order valence-electron chi connectivity index (χ4n) is 4.44. The number of aliphatic hydroxyl groups excluding tert-OH is 1. The molecule has 3 saturated heterocycles. The number of amides is 1. The van der Waals surface area contributed by atoms with E-state index in [0.29, 0.717) is 11.8 Å². The molecule has 1 aromatic carbocycles. The summed E-state index contributed by atoms with van der Waals surface area (Å²) in [6.45, 7) is 6.07. The van der Waals surface area contributed by atoms with Crippen molar-refractivity contribution in [1.82, 2.24) is 9.88 Å². The number of carbonyl (C=O) groups is 1. The van der Waals surface area contributed by atoms with E-state index in [-0.39, 0.29) is 6.04 Å². The first-order valence-electron chi connectivity index (χ1n) is 9.40. The largest absolute Gasteiger partial charge is 0.497 e. The maximum atomic E-state index is 11.2. The van der Waals surface area contributed by atoms with E-state index in [1.54, 1.807) is 13.3 Å². The molecule has 3 aliphatic rings. The van der Waals surface area contributed by atoms with E-state index in [4.69, 9.17) is 14.6 Å². The second-order valence-electron chi connectivity index (χ2n) is 7.31. The summed E-state index contributed by atoms with van der Waals surface area (Å²) < 4.78 is 5.35. The molecule has 4 heterocycles. The van der Waals surface area contributed by atoms with Gasteiger partial charge in [-0.15, -0.1) is 6.58 Å². The molecule has 0 radical (unpaired) electrons. The number of methoxy groups -OCH3 is 1. The zero-order chi connectivity index (χ0) is 20.3. The van der Waals surface area contributed by atoms with E-state index in [1.807, 2.05) is 24.3 Å². The summed E-state index contributed by atoms with van der Waals surface area (Å²) in [6, 6.07) is 7.96. The van der Waals surface area contributed by atoms with Crippen LogP contribution in [0.2, 0.25) is 0 Å². The van der Waals surface area contributed by atoms with Gasteiger partial charge in [0.25, 0.3) is 0 Å². The van der Waals surface area contributed by atoms with Crippen LogP contribution in [0.5, 0.6) is 5.75 Å². The molecule has 7 nitrogen and oxygen atoms in total. The summed E-state index contributed by atoms with van der Waals surface area (Å²) in [6.07, 6.45) is 4.29. The molecule has 150 valence electrons. The Morgan fingerprint density at radius 2 is 2.21 bits per heavy atom. The molecule has 0 spiro atoms. The third-order valence-electron chi connectivity index (χ3n) is 5.82. The van der Waals surface area contributed by atoms with E-state index in [9.17, 15) is 5.11 Å². The van der Waals surface area contributed by atoms with Crippen molar-refractivity contribution in [1.29, 1.82) is 0 Å². The maximum absolute atomic E-state index is 11.2. The summed E-state index contributed by atoms with van der Waals surface area (Å²) in [4.78, 5) is 15.6. The summed E-state index contributed by atoms with van der Waals surface area (Å²) in [5.74, 6) is 2.01. The highest BCUT2D eigenvalue weighted by Crippen LogP contribution is 2.42. The summed E-state index contributed by atoms with van der Waals surface area (Å²) in [5.41, 5.74) is 5.87. The molecule has 5 atom stereocenters. The Hall–Kier alpha value is -2.64. The Kier molecular flexibility index (Phi) is 6.16. The zero-order valence-corrected chi connectivity index (χ0v) is 16.0. The predicted molar refractivity (Wildman–Crippen MR) is 107 cm³/mol. The average Bonchev–Trinajstić information content (AvgIpc) is 2.72. The van der Waals surface area contributed by atoms with Crippen LogP contribution in [0, 0.1) is 11.8 Å². The topological polar surface area (TPSA) is 109 Å². The Labute approximate surface area is 164 Å². The molecule has 3 aliphatic heterocycles. The number of piperidine rings is 3. The summed E-state index contributed by atoms with van der Waals surface area (Å²) in [7, 11) is 1.66. The Bertz CT molecular complexity index is 853. The molecule has 2 unspecified atom stereocenters. The monoisotopic (exact) mass is 385 g/mol. The van der Waals surface area contributed by atoms with Gasteiger partial charge in [-0.05, 0) is 61.1 Å². The third kappa shape index (κ3) is 4.10. The van der Waals surface area contributed by atoms with Crippen LogP contribution in [-0.4, -0.2) is 52.4 Å². The van der Waals surface area contributed by atoms with E-state index < -0.39 is 12.2 Å². The van der Waals surface area contributed by atoms with Crippen LogP contribution in [0.3, 0.4) is 0 Å². The lowest BCUT2D eigenvalue weighted by atomic mass is 9.73. The summed E-state index contributed by atoms with van der Waals surface area (Å²) in [5, 5.41) is 19.3. The van der Waals surface area contributed by atoms with E-state index >= 15 is 0 Å². The van der Waals surface area contributed by atoms with E-state index in [2.05, 4.69) is 28.3 Å². The van der Waals surface area contributed by atoms with Crippen LogP contribution >= 0.6 is 0 Å². The number of primary amides is 1. The van der Waals surface area contributed by atoms with E-state index in [0.717, 1.165) is 41.7 Å². The first-order chi connectivity index (χ1) is 13.4. The van der Waals surface area contributed by atoms with Crippen LogP contribution in [0.1, 0.15) is 24.5 Å². The molecular weight excluding hydrogens is 358 g/mol. The standard InChI is InChI=1S/C20H24N2O2.CH3NO2/c1-3-13-12-22-9-7-14(13)10-19(22)20(23)16-6-8-21-18-5-4-15(24-2)11-17(16)18;2-1(3)4/h3-6,8,11,13-14,19-20,23H,1,7,9-10,12H2,2H3;2H2,(H,3,4)/t13-,14?,19-,20-;/m1./s1. The second-order valence-corrected chi connectivity index (χ2v) is 7.31. The number of ether oxygens (including phenoxy) is 1. The van der Waals surface area contributed by atoms with Gasteiger partial charge in [-0.3, -0.25) is 9.88 Å². The number of aliphatic hydroxyl groups is 1. The fraction of sp³-hybridized carbons (Fsp3) is 0.429. The van der Waals surface area contributed by atoms with Gasteiger partial charge in [0, 0.05) is 24.2 Å². The van der Waals surface area contributed by atoms with Crippen molar-refractivity contribution in [2.75, 3.05) is 20.2 Å². The molecular formula is C21H27N3O4. The van der Waals surface area contributed by atoms with Gasteiger partial charge < -0.3 is 20.7 Å². The lowest BCUT2D eigenvalue weighted by Gasteiger charge is -2.50. The number of hydrogen-bond acceptors (Lipinski definition) is 5. The van der Waals surface area contributed by atoms with Crippen molar-refractivity contribution in [3.05, 3.63) is 48.7 Å². The minimum Gasteiger partial charge on any atom is -0.497 e. The lowest BCUT2D eigenvalue weighted by molar-refractivity contribution is -0.0444. The highest BCUT2D eigenvalue weighted by atomic mass is 16.5. The molecule has 0 aliphatic carbocycles. The SMILES string of the molecule is C=C[C@@H]1CN2CCC1C[C@@H]2[C@H](O)c1ccnc2ccc(OC)cc12.NC(=O)O. The minimum absolute atomic E-state index is 0.178. The Balaban J connectivity index is 0.000000516. The van der Waals surface area contributed by atoms with Gasteiger partial charge in [0.1, 0.15) is 5.75 Å². The number of aromatic nitrogens is 1. The van der Waals surface area contributed by atoms with Crippen LogP contribution in [0.15, 0.2) is 43.1 Å². The maximum Gasteiger partial charge on any atom is 0.402 e. The average molecular weight is 385 g/mol. The smallest absolute Gasteiger partial charge is 0.402 e. The van der Waals surface area contributed by atoms with Gasteiger partial charge in [-0.1, -0.05) is 6.08 Å². The fourth-order valence-corrected chi connectivity index (χ4v) is 4.44. The van der Waals surface area contributed by atoms with Crippen molar-refractivity contribution in [2.45, 2.75) is 25.0 Å². The highest BCUT2D eigenvalue weighted by molar-refractivity contribution is 5.83. The number of hydrogen-bond donors (Lipinski definition) is 3. The molecule has 4 N–H and O–H groups in total. The number of pyridine rings is 1. The van der Waals surface area contributed by atoms with Crippen molar-refractivity contribution in [3.8, 4) is 5.75 Å². The van der Waals surface area contributed by atoms with Crippen molar-refractivity contribution >= 4 is 17.0 Å². The first-order valence-corrected chi connectivity index (χ1v) is 9.40. The van der Waals surface area contributed by atoms with E-state index in [1.165, 1.54) is 6.42 Å². The molecule has 0 saturated carbocycles. The van der Waals surface area contributed by atoms with Crippen molar-refractivity contribution in [2.24, 2.45) is 17.6 Å². The third-order valence-corrected chi connectivity index (χ3v) is 5.82. The van der Waals surface area contributed by atoms with Crippen molar-refractivity contribution in [3.63, 3.8) is 0 Å². The number of nitrogens with two attached hydrogens (primary N) is 1. The van der Waals surface area contributed by atoms with Crippen LogP contribution < -0.4 is 10.5 Å². The molecule has 2 aromatic rings. The quantitative estimate of drug-likeness (QED) is 0.698. The van der Waals surface area contributed by atoms with Gasteiger partial charge in [0.2, 0.25) is 0 Å². The van der Waals surface area contributed by atoms with Gasteiger partial charge in [-0.25, -0.2) is 4.79 Å². The van der Waals surface area contributed by atoms with Gasteiger partial charge in [-0.2, -0.15) is 0 Å². The zero-order valence-electron chi connectivity index (χ0n) is 16.0. The second kappa shape index (κ2) is 8.58. The van der Waals surface area contributed by atoms with Gasteiger partial charge >= 0.3 is 6.09 Å². The first kappa shape index (κ1) is 20.1. The Morgan fingerprint density at radius 1 is 1.46 bits per heavy atom. The molecule has 5 rings (SSSR count). The molecule has 1 aromatic heterocycles. The number of fused-ring (bicyclic) bond motifs is 4.